The lowest BCUT2D eigenvalue weighted by atomic mass is 10.1. The molecule has 1 aromatic carbocycles. The molecular formula is C16H15N5O2. The van der Waals surface area contributed by atoms with E-state index in [1.165, 1.54) is 6.07 Å². The number of hydrogen-bond acceptors (Lipinski definition) is 5. The predicted octanol–water partition coefficient (Wildman–Crippen LogP) is 3.00. The van der Waals surface area contributed by atoms with Gasteiger partial charge in [0.15, 0.2) is 0 Å². The molecule has 1 N–H and O–H groups in total. The molecule has 0 atom stereocenters. The lowest BCUT2D eigenvalue weighted by Crippen LogP contribution is -2.05. The number of nitro groups is 1. The number of imidazole rings is 1. The first-order chi connectivity index (χ1) is 11.1. The van der Waals surface area contributed by atoms with E-state index in [0.29, 0.717) is 12.5 Å². The van der Waals surface area contributed by atoms with Gasteiger partial charge in [-0.2, -0.15) is 0 Å². The highest BCUT2D eigenvalue weighted by molar-refractivity contribution is 5.64. The minimum atomic E-state index is -0.401. The van der Waals surface area contributed by atoms with Crippen LogP contribution in [0.4, 0.5) is 11.6 Å². The molecule has 3 rings (SSSR count). The maximum atomic E-state index is 10.9. The summed E-state index contributed by atoms with van der Waals surface area (Å²) < 4.78 is 1.87. The zero-order valence-electron chi connectivity index (χ0n) is 12.5. The van der Waals surface area contributed by atoms with Crippen LogP contribution in [0.2, 0.25) is 0 Å². The van der Waals surface area contributed by atoms with E-state index in [1.807, 2.05) is 29.8 Å². The smallest absolute Gasteiger partial charge is 0.270 e. The van der Waals surface area contributed by atoms with Gasteiger partial charge in [-0.05, 0) is 11.6 Å². The van der Waals surface area contributed by atoms with Crippen molar-refractivity contribution in [2.24, 2.45) is 7.05 Å². The molecular weight excluding hydrogens is 294 g/mol. The first-order valence-corrected chi connectivity index (χ1v) is 7.04. The minimum Gasteiger partial charge on any atom is -0.352 e. The Morgan fingerprint density at radius 3 is 2.87 bits per heavy atom. The van der Waals surface area contributed by atoms with Crippen LogP contribution in [0.15, 0.2) is 55.0 Å². The summed E-state index contributed by atoms with van der Waals surface area (Å²) in [5, 5.41) is 14.1. The number of anilines is 1. The zero-order valence-corrected chi connectivity index (χ0v) is 12.5. The number of pyridine rings is 1. The second-order valence-electron chi connectivity index (χ2n) is 5.05. The van der Waals surface area contributed by atoms with Gasteiger partial charge in [-0.15, -0.1) is 0 Å². The normalized spacial score (nSPS) is 10.5. The van der Waals surface area contributed by atoms with Crippen LogP contribution in [0.3, 0.4) is 0 Å². The van der Waals surface area contributed by atoms with E-state index in [-0.39, 0.29) is 5.69 Å². The van der Waals surface area contributed by atoms with E-state index in [0.717, 1.165) is 16.8 Å². The highest BCUT2D eigenvalue weighted by Crippen LogP contribution is 2.25. The fraction of sp³-hybridized carbons (Fsp3) is 0.125. The minimum absolute atomic E-state index is 0.0635. The third-order valence-corrected chi connectivity index (χ3v) is 3.51. The van der Waals surface area contributed by atoms with Gasteiger partial charge in [0.2, 0.25) is 5.95 Å². The maximum Gasteiger partial charge on any atom is 0.270 e. The largest absolute Gasteiger partial charge is 0.352 e. The van der Waals surface area contributed by atoms with Gasteiger partial charge in [-0.3, -0.25) is 15.1 Å². The summed E-state index contributed by atoms with van der Waals surface area (Å²) in [4.78, 5) is 18.9. The van der Waals surface area contributed by atoms with Crippen molar-refractivity contribution in [3.05, 3.63) is 70.7 Å². The van der Waals surface area contributed by atoms with Gasteiger partial charge in [-0.25, -0.2) is 4.98 Å². The molecule has 7 nitrogen and oxygen atoms in total. The topological polar surface area (TPSA) is 85.9 Å². The van der Waals surface area contributed by atoms with Crippen molar-refractivity contribution in [3.8, 4) is 11.3 Å². The number of hydrogen-bond donors (Lipinski definition) is 1. The number of nitrogens with one attached hydrogen (secondary N) is 1. The van der Waals surface area contributed by atoms with Crippen LogP contribution in [-0.4, -0.2) is 19.5 Å². The first kappa shape index (κ1) is 14.7. The van der Waals surface area contributed by atoms with Crippen LogP contribution >= 0.6 is 0 Å². The Hall–Kier alpha value is -3.22. The molecule has 0 aliphatic heterocycles. The number of non-ortho nitro benzene ring substituents is 1. The fourth-order valence-corrected chi connectivity index (χ4v) is 2.30. The Balaban J connectivity index is 1.82. The molecule has 0 amide bonds. The maximum absolute atomic E-state index is 10.9. The quantitative estimate of drug-likeness (QED) is 0.578. The molecule has 0 radical (unpaired) electrons. The van der Waals surface area contributed by atoms with E-state index < -0.39 is 4.92 Å². The summed E-state index contributed by atoms with van der Waals surface area (Å²) in [7, 11) is 1.87. The van der Waals surface area contributed by atoms with E-state index in [2.05, 4.69) is 15.3 Å². The summed E-state index contributed by atoms with van der Waals surface area (Å²) >= 11 is 0. The number of benzene rings is 1. The van der Waals surface area contributed by atoms with Crippen molar-refractivity contribution < 1.29 is 4.92 Å². The number of nitro benzene ring substituents is 1. The van der Waals surface area contributed by atoms with Gasteiger partial charge in [0, 0.05) is 43.7 Å². The Kier molecular flexibility index (Phi) is 4.01. The van der Waals surface area contributed by atoms with Gasteiger partial charge in [0.05, 0.1) is 16.8 Å². The van der Waals surface area contributed by atoms with Crippen molar-refractivity contribution >= 4 is 11.6 Å². The van der Waals surface area contributed by atoms with Crippen LogP contribution in [-0.2, 0) is 13.6 Å². The summed E-state index contributed by atoms with van der Waals surface area (Å²) in [6.45, 7) is 0.604. The molecule has 2 heterocycles. The number of rotatable bonds is 5. The second kappa shape index (κ2) is 6.27. The predicted molar refractivity (Wildman–Crippen MR) is 86.9 cm³/mol. The fourth-order valence-electron chi connectivity index (χ4n) is 2.30. The van der Waals surface area contributed by atoms with E-state index in [1.54, 1.807) is 30.7 Å². The lowest BCUT2D eigenvalue weighted by Gasteiger charge is -2.08. The van der Waals surface area contributed by atoms with Crippen molar-refractivity contribution in [1.29, 1.82) is 0 Å². The van der Waals surface area contributed by atoms with E-state index >= 15 is 0 Å². The average Bonchev–Trinajstić information content (AvgIpc) is 2.95. The Labute approximate surface area is 132 Å². The van der Waals surface area contributed by atoms with Crippen LogP contribution in [0.5, 0.6) is 0 Å². The monoisotopic (exact) mass is 309 g/mol. The van der Waals surface area contributed by atoms with Crippen molar-refractivity contribution in [2.75, 3.05) is 5.32 Å². The summed E-state index contributed by atoms with van der Waals surface area (Å²) in [5.74, 6) is 0.690. The molecule has 7 heteroatoms. The average molecular weight is 309 g/mol. The molecule has 0 aliphatic carbocycles. The molecule has 116 valence electrons. The van der Waals surface area contributed by atoms with Gasteiger partial charge >= 0.3 is 0 Å². The van der Waals surface area contributed by atoms with Crippen LogP contribution in [0, 0.1) is 10.1 Å². The molecule has 3 aromatic rings. The van der Waals surface area contributed by atoms with Gasteiger partial charge in [0.25, 0.3) is 5.69 Å². The third-order valence-electron chi connectivity index (χ3n) is 3.51. The molecule has 0 saturated carbocycles. The van der Waals surface area contributed by atoms with Gasteiger partial charge in [0.1, 0.15) is 0 Å². The molecule has 0 bridgehead atoms. The Bertz CT molecular complexity index is 829. The van der Waals surface area contributed by atoms with Gasteiger partial charge in [-0.1, -0.05) is 18.2 Å². The number of aromatic nitrogens is 3. The Morgan fingerprint density at radius 1 is 1.26 bits per heavy atom. The summed E-state index contributed by atoms with van der Waals surface area (Å²) in [6.07, 6.45) is 5.22. The summed E-state index contributed by atoms with van der Waals surface area (Å²) in [6, 6.07) is 10.4. The molecule has 2 aromatic heterocycles. The molecule has 0 fully saturated rings. The molecule has 0 unspecified atom stereocenters. The van der Waals surface area contributed by atoms with Crippen LogP contribution < -0.4 is 5.32 Å². The van der Waals surface area contributed by atoms with Crippen molar-refractivity contribution in [1.82, 2.24) is 14.5 Å². The first-order valence-electron chi connectivity index (χ1n) is 7.04. The third kappa shape index (κ3) is 3.18. The van der Waals surface area contributed by atoms with Crippen LogP contribution in [0.25, 0.3) is 11.3 Å². The standard InChI is InChI=1S/C16H15N5O2/c1-20-15(13-5-2-6-14(8-13)21(22)23)11-19-16(20)18-10-12-4-3-7-17-9-12/h2-9,11H,10H2,1H3,(H,18,19). The number of nitrogens with zero attached hydrogens (tertiary/aromatic N) is 4. The SMILES string of the molecule is Cn1c(-c2cccc([N+](=O)[O-])c2)cnc1NCc1cccnc1. The molecule has 0 saturated heterocycles. The van der Waals surface area contributed by atoms with Gasteiger partial charge < -0.3 is 9.88 Å². The second-order valence-corrected chi connectivity index (χ2v) is 5.05. The summed E-state index contributed by atoms with van der Waals surface area (Å²) in [5.41, 5.74) is 2.67. The molecule has 0 spiro atoms. The van der Waals surface area contributed by atoms with E-state index in [9.17, 15) is 10.1 Å². The highest BCUT2D eigenvalue weighted by Gasteiger charge is 2.12. The van der Waals surface area contributed by atoms with Crippen LogP contribution in [0.1, 0.15) is 5.56 Å². The zero-order chi connectivity index (χ0) is 16.2. The highest BCUT2D eigenvalue weighted by atomic mass is 16.6. The molecule has 23 heavy (non-hydrogen) atoms. The van der Waals surface area contributed by atoms with Crippen molar-refractivity contribution in [2.45, 2.75) is 6.54 Å². The lowest BCUT2D eigenvalue weighted by molar-refractivity contribution is -0.384. The van der Waals surface area contributed by atoms with Crippen molar-refractivity contribution in [3.63, 3.8) is 0 Å². The molecule has 0 aliphatic rings. The van der Waals surface area contributed by atoms with E-state index in [4.69, 9.17) is 0 Å². The Morgan fingerprint density at radius 2 is 2.13 bits per heavy atom.